The zero-order valence-corrected chi connectivity index (χ0v) is 18.4. The molecule has 0 aliphatic rings. The second-order valence-electron chi connectivity index (χ2n) is 7.45. The van der Waals surface area contributed by atoms with Gasteiger partial charge in [-0.1, -0.05) is 35.9 Å². The molecule has 0 saturated carbocycles. The number of anilines is 1. The van der Waals surface area contributed by atoms with E-state index in [2.05, 4.69) is 20.3 Å². The van der Waals surface area contributed by atoms with Crippen LogP contribution in [0.3, 0.4) is 0 Å². The lowest BCUT2D eigenvalue weighted by Gasteiger charge is -2.06. The van der Waals surface area contributed by atoms with Crippen LogP contribution in [0.4, 0.5) is 18.9 Å². The Labute approximate surface area is 201 Å². The maximum atomic E-state index is 13.2. The van der Waals surface area contributed by atoms with Gasteiger partial charge in [-0.05, 0) is 48.5 Å². The number of nitrogens with zero attached hydrogens (tertiary/aromatic N) is 3. The highest BCUT2D eigenvalue weighted by molar-refractivity contribution is 6.33. The molecule has 35 heavy (non-hydrogen) atoms. The van der Waals surface area contributed by atoms with Crippen LogP contribution in [0.15, 0.2) is 83.4 Å². The fourth-order valence-electron chi connectivity index (χ4n) is 3.38. The van der Waals surface area contributed by atoms with Crippen molar-refractivity contribution >= 4 is 34.2 Å². The van der Waals surface area contributed by atoms with Crippen LogP contribution < -0.4 is 5.32 Å². The molecule has 0 atom stereocenters. The number of fused-ring (bicyclic) bond motifs is 1. The fraction of sp³-hybridized carbons (Fsp3) is 0.0400. The van der Waals surface area contributed by atoms with E-state index in [1.54, 1.807) is 42.5 Å². The number of benzene rings is 3. The largest absolute Gasteiger partial charge is 0.434 e. The molecule has 174 valence electrons. The van der Waals surface area contributed by atoms with Gasteiger partial charge < -0.3 is 9.73 Å². The first-order chi connectivity index (χ1) is 16.8. The first-order valence-corrected chi connectivity index (χ1v) is 10.6. The molecule has 1 amide bonds. The summed E-state index contributed by atoms with van der Waals surface area (Å²) in [6.45, 7) is 0. The minimum Gasteiger partial charge on any atom is -0.434 e. The summed E-state index contributed by atoms with van der Waals surface area (Å²) in [5, 5.41) is 3.00. The van der Waals surface area contributed by atoms with Crippen LogP contribution in [0.2, 0.25) is 5.02 Å². The lowest BCUT2D eigenvalue weighted by Crippen LogP contribution is -2.14. The van der Waals surface area contributed by atoms with Gasteiger partial charge in [0.05, 0.1) is 33.5 Å². The minimum absolute atomic E-state index is 0.0164. The molecular formula is C25H14ClF3N4O2. The van der Waals surface area contributed by atoms with Gasteiger partial charge in [0.25, 0.3) is 5.91 Å². The molecule has 5 rings (SSSR count). The van der Waals surface area contributed by atoms with Crippen molar-refractivity contribution in [2.24, 2.45) is 0 Å². The number of oxazole rings is 1. The lowest BCUT2D eigenvalue weighted by atomic mass is 10.1. The van der Waals surface area contributed by atoms with E-state index in [4.69, 9.17) is 16.0 Å². The predicted octanol–water partition coefficient (Wildman–Crippen LogP) is 6.88. The highest BCUT2D eigenvalue weighted by atomic mass is 35.5. The molecule has 0 aliphatic carbocycles. The summed E-state index contributed by atoms with van der Waals surface area (Å²) in [4.78, 5) is 26.3. The molecule has 3 aromatic carbocycles. The Morgan fingerprint density at radius 2 is 1.57 bits per heavy atom. The van der Waals surface area contributed by atoms with E-state index >= 15 is 0 Å². The Hall–Kier alpha value is -4.24. The highest BCUT2D eigenvalue weighted by Gasteiger charge is 2.30. The summed E-state index contributed by atoms with van der Waals surface area (Å²) in [5.74, 6) is -0.666. The van der Waals surface area contributed by atoms with Crippen molar-refractivity contribution in [1.82, 2.24) is 15.0 Å². The van der Waals surface area contributed by atoms with Gasteiger partial charge in [0, 0.05) is 5.56 Å². The van der Waals surface area contributed by atoms with E-state index < -0.39 is 17.6 Å². The second-order valence-corrected chi connectivity index (χ2v) is 7.86. The fourth-order valence-corrected chi connectivity index (χ4v) is 3.57. The minimum atomic E-state index is -4.49. The molecule has 0 unspecified atom stereocenters. The van der Waals surface area contributed by atoms with Gasteiger partial charge in [-0.2, -0.15) is 13.2 Å². The standard InChI is InChI=1S/C25H14ClF3N4O2/c26-16-5-1-2-6-17(16)32-23(34)21-22(20-13-30-18-7-3-4-8-19(18)31-20)35-24(33-21)14-9-11-15(12-10-14)25(27,28)29/h1-13H,(H,32,34). The molecule has 0 fully saturated rings. The van der Waals surface area contributed by atoms with Crippen LogP contribution in [-0.2, 0) is 6.18 Å². The van der Waals surface area contributed by atoms with Crippen LogP contribution >= 0.6 is 11.6 Å². The molecule has 2 aromatic heterocycles. The highest BCUT2D eigenvalue weighted by Crippen LogP contribution is 2.33. The number of halogens is 4. The van der Waals surface area contributed by atoms with Crippen molar-refractivity contribution in [3.63, 3.8) is 0 Å². The van der Waals surface area contributed by atoms with Gasteiger partial charge >= 0.3 is 6.18 Å². The first-order valence-electron chi connectivity index (χ1n) is 10.3. The van der Waals surface area contributed by atoms with Crippen LogP contribution in [-0.4, -0.2) is 20.9 Å². The maximum absolute atomic E-state index is 13.2. The molecular weight excluding hydrogens is 481 g/mol. The maximum Gasteiger partial charge on any atom is 0.416 e. The SMILES string of the molecule is O=C(Nc1ccccc1Cl)c1nc(-c2ccc(C(F)(F)F)cc2)oc1-c1cnc2ccccc2n1. The van der Waals surface area contributed by atoms with Crippen molar-refractivity contribution in [2.75, 3.05) is 5.32 Å². The zero-order chi connectivity index (χ0) is 24.6. The number of alkyl halides is 3. The molecule has 5 aromatic rings. The van der Waals surface area contributed by atoms with E-state index in [9.17, 15) is 18.0 Å². The number of carbonyl (C=O) groups is 1. The number of hydrogen-bond donors (Lipinski definition) is 1. The molecule has 0 spiro atoms. The molecule has 10 heteroatoms. The smallest absolute Gasteiger partial charge is 0.416 e. The van der Waals surface area contributed by atoms with Crippen LogP contribution in [0.1, 0.15) is 16.1 Å². The Morgan fingerprint density at radius 1 is 0.886 bits per heavy atom. The number of nitrogens with one attached hydrogen (secondary N) is 1. The van der Waals surface area contributed by atoms with E-state index in [-0.39, 0.29) is 28.6 Å². The number of rotatable bonds is 4. The van der Waals surface area contributed by atoms with Gasteiger partial charge in [0.2, 0.25) is 5.89 Å². The Bertz CT molecular complexity index is 1550. The Kier molecular flexibility index (Phi) is 5.70. The summed E-state index contributed by atoms with van der Waals surface area (Å²) < 4.78 is 44.8. The topological polar surface area (TPSA) is 80.9 Å². The summed E-state index contributed by atoms with van der Waals surface area (Å²) in [6.07, 6.45) is -3.05. The summed E-state index contributed by atoms with van der Waals surface area (Å²) in [7, 11) is 0. The average Bonchev–Trinajstić information content (AvgIpc) is 3.30. The quantitative estimate of drug-likeness (QED) is 0.294. The van der Waals surface area contributed by atoms with Crippen molar-refractivity contribution in [2.45, 2.75) is 6.18 Å². The predicted molar refractivity (Wildman–Crippen MR) is 125 cm³/mol. The number of para-hydroxylation sites is 3. The van der Waals surface area contributed by atoms with Crippen molar-refractivity contribution in [3.05, 3.63) is 95.3 Å². The van der Waals surface area contributed by atoms with Crippen LogP contribution in [0.5, 0.6) is 0 Å². The third-order valence-corrected chi connectivity index (χ3v) is 5.43. The summed E-state index contributed by atoms with van der Waals surface area (Å²) in [6, 6.07) is 18.1. The molecule has 0 aliphatic heterocycles. The van der Waals surface area contributed by atoms with Gasteiger partial charge in [-0.15, -0.1) is 0 Å². The van der Waals surface area contributed by atoms with Gasteiger partial charge in [0.1, 0.15) is 5.69 Å². The zero-order valence-electron chi connectivity index (χ0n) is 17.7. The number of hydrogen-bond acceptors (Lipinski definition) is 5. The van der Waals surface area contributed by atoms with Gasteiger partial charge in [-0.25, -0.2) is 9.97 Å². The van der Waals surface area contributed by atoms with E-state index in [0.29, 0.717) is 21.7 Å². The first kappa shape index (κ1) is 22.5. The van der Waals surface area contributed by atoms with Crippen molar-refractivity contribution in [3.8, 4) is 22.9 Å². The number of carbonyl (C=O) groups excluding carboxylic acids is 1. The van der Waals surface area contributed by atoms with E-state index in [0.717, 1.165) is 12.1 Å². The van der Waals surface area contributed by atoms with Crippen LogP contribution in [0, 0.1) is 0 Å². The normalized spacial score (nSPS) is 11.5. The number of amides is 1. The average molecular weight is 495 g/mol. The second kappa shape index (κ2) is 8.84. The monoisotopic (exact) mass is 494 g/mol. The number of aromatic nitrogens is 3. The van der Waals surface area contributed by atoms with Crippen LogP contribution in [0.25, 0.3) is 33.9 Å². The third kappa shape index (κ3) is 4.58. The summed E-state index contributed by atoms with van der Waals surface area (Å²) >= 11 is 6.16. The van der Waals surface area contributed by atoms with E-state index in [1.807, 2.05) is 6.07 Å². The van der Waals surface area contributed by atoms with E-state index in [1.165, 1.54) is 18.3 Å². The van der Waals surface area contributed by atoms with Crippen molar-refractivity contribution < 1.29 is 22.4 Å². The Morgan fingerprint density at radius 3 is 2.29 bits per heavy atom. The molecule has 6 nitrogen and oxygen atoms in total. The van der Waals surface area contributed by atoms with Gasteiger partial charge in [0.15, 0.2) is 11.5 Å². The molecule has 0 bridgehead atoms. The molecule has 2 heterocycles. The summed E-state index contributed by atoms with van der Waals surface area (Å²) in [5.41, 5.74) is 1.11. The Balaban J connectivity index is 1.60. The molecule has 0 saturated heterocycles. The molecule has 0 radical (unpaired) electrons. The van der Waals surface area contributed by atoms with Crippen molar-refractivity contribution in [1.29, 1.82) is 0 Å². The third-order valence-electron chi connectivity index (χ3n) is 5.10. The lowest BCUT2D eigenvalue weighted by molar-refractivity contribution is -0.137. The van der Waals surface area contributed by atoms with Gasteiger partial charge in [-0.3, -0.25) is 9.78 Å². The molecule has 1 N–H and O–H groups in total.